The van der Waals surface area contributed by atoms with Gasteiger partial charge in [-0.1, -0.05) is 42.1 Å². The summed E-state index contributed by atoms with van der Waals surface area (Å²) < 4.78 is 5.57. The zero-order valence-electron chi connectivity index (χ0n) is 18.9. The van der Waals surface area contributed by atoms with E-state index in [9.17, 15) is 19.7 Å². The minimum Gasteiger partial charge on any atom is -0.496 e. The van der Waals surface area contributed by atoms with Crippen LogP contribution in [0.5, 0.6) is 5.75 Å². The van der Waals surface area contributed by atoms with Crippen molar-refractivity contribution in [2.24, 2.45) is 0 Å². The molecule has 2 N–H and O–H groups in total. The number of nitrogens with one attached hydrogen (secondary N) is 2. The van der Waals surface area contributed by atoms with Crippen molar-refractivity contribution >= 4 is 29.1 Å². The highest BCUT2D eigenvalue weighted by Gasteiger charge is 2.39. The molecule has 0 saturated heterocycles. The second kappa shape index (κ2) is 9.38. The molecule has 1 atom stereocenters. The number of carbonyl (C=O) groups is 1. The molecule has 0 radical (unpaired) electrons. The van der Waals surface area contributed by atoms with Crippen molar-refractivity contribution in [2.45, 2.75) is 36.1 Å². The number of allylic oxidation sites excluding steroid dienone is 2. The first-order chi connectivity index (χ1) is 17.0. The van der Waals surface area contributed by atoms with Crippen molar-refractivity contribution < 1.29 is 14.5 Å². The van der Waals surface area contributed by atoms with Gasteiger partial charge in [0, 0.05) is 41.1 Å². The summed E-state index contributed by atoms with van der Waals surface area (Å²) in [6, 6.07) is 13.7. The van der Waals surface area contributed by atoms with Gasteiger partial charge in [-0.15, -0.1) is 0 Å². The van der Waals surface area contributed by atoms with Crippen molar-refractivity contribution in [3.05, 3.63) is 97.0 Å². The molecule has 0 bridgehead atoms. The number of Topliss-reactive ketones (excluding diaryl/α,β-unsaturated/α-hetero) is 1. The lowest BCUT2D eigenvalue weighted by Crippen LogP contribution is -2.32. The second-order valence-corrected chi connectivity index (χ2v) is 9.28. The summed E-state index contributed by atoms with van der Waals surface area (Å²) >= 11 is 1.33. The van der Waals surface area contributed by atoms with Crippen LogP contribution in [0.15, 0.2) is 69.8 Å². The Morgan fingerprint density at radius 3 is 2.66 bits per heavy atom. The third-order valence-corrected chi connectivity index (χ3v) is 7.15. The van der Waals surface area contributed by atoms with Crippen LogP contribution in [0.4, 0.5) is 11.5 Å². The Morgan fingerprint density at radius 1 is 1.14 bits per heavy atom. The summed E-state index contributed by atoms with van der Waals surface area (Å²) in [5.41, 5.74) is 3.11. The number of fused-ring (bicyclic) bond motifs is 1. The van der Waals surface area contributed by atoms with Gasteiger partial charge in [-0.3, -0.25) is 19.7 Å². The van der Waals surface area contributed by atoms with Gasteiger partial charge in [-0.2, -0.15) is 0 Å². The first-order valence-electron chi connectivity index (χ1n) is 11.1. The maximum absolute atomic E-state index is 13.4. The quantitative estimate of drug-likeness (QED) is 0.223. The fourth-order valence-electron chi connectivity index (χ4n) is 4.59. The lowest BCUT2D eigenvalue weighted by molar-refractivity contribution is -0.384. The van der Waals surface area contributed by atoms with E-state index in [1.165, 1.54) is 23.9 Å². The molecule has 35 heavy (non-hydrogen) atoms. The van der Waals surface area contributed by atoms with Gasteiger partial charge in [0.15, 0.2) is 10.9 Å². The minimum atomic E-state index is -0.574. The number of hydrogen-bond acceptors (Lipinski definition) is 8. The zero-order chi connectivity index (χ0) is 24.5. The number of para-hydroxylation sites is 1. The van der Waals surface area contributed by atoms with E-state index in [4.69, 9.17) is 4.74 Å². The minimum absolute atomic E-state index is 0.0244. The lowest BCUT2D eigenvalue weighted by atomic mass is 9.76. The van der Waals surface area contributed by atoms with Gasteiger partial charge < -0.3 is 15.0 Å². The summed E-state index contributed by atoms with van der Waals surface area (Å²) in [6.45, 7) is 0. The summed E-state index contributed by atoms with van der Waals surface area (Å²) in [5, 5.41) is 14.6. The van der Waals surface area contributed by atoms with Crippen molar-refractivity contribution in [1.82, 2.24) is 9.97 Å². The summed E-state index contributed by atoms with van der Waals surface area (Å²) in [6.07, 6.45) is 1.88. The Bertz CT molecular complexity index is 1410. The van der Waals surface area contributed by atoms with Gasteiger partial charge >= 0.3 is 0 Å². The van der Waals surface area contributed by atoms with Crippen LogP contribution in [0, 0.1) is 10.1 Å². The Morgan fingerprint density at radius 2 is 1.91 bits per heavy atom. The van der Waals surface area contributed by atoms with Crippen LogP contribution in [0.3, 0.4) is 0 Å². The standard InChI is InChI=1S/C25H22N4O5S/c1-34-19-8-3-2-5-16(19)20-21-17(6-4-7-18(21)30)26-23-22(20)24(31)28-25(27-23)35-13-14-9-11-15(12-10-14)29(32)33/h2-3,5,8-12,20H,4,6-7,13H2,1H3,(H2,26,27,28,31). The number of hydrogen-bond donors (Lipinski definition) is 2. The fourth-order valence-corrected chi connectivity index (χ4v) is 5.41. The van der Waals surface area contributed by atoms with Crippen molar-refractivity contribution in [3.8, 4) is 5.75 Å². The number of non-ortho nitro benzene ring substituents is 1. The number of ketones is 1. The predicted octanol–water partition coefficient (Wildman–Crippen LogP) is 4.54. The highest BCUT2D eigenvalue weighted by atomic mass is 32.2. The van der Waals surface area contributed by atoms with Crippen molar-refractivity contribution in [1.29, 1.82) is 0 Å². The highest BCUT2D eigenvalue weighted by molar-refractivity contribution is 7.98. The van der Waals surface area contributed by atoms with Crippen LogP contribution < -0.4 is 15.6 Å². The van der Waals surface area contributed by atoms with Crippen LogP contribution in [-0.4, -0.2) is 27.8 Å². The summed E-state index contributed by atoms with van der Waals surface area (Å²) in [4.78, 5) is 44.4. The van der Waals surface area contributed by atoms with Crippen LogP contribution in [0.1, 0.15) is 41.9 Å². The normalized spacial score (nSPS) is 16.8. The Labute approximate surface area is 204 Å². The molecule has 178 valence electrons. The molecular formula is C25H22N4O5S. The smallest absolute Gasteiger partial charge is 0.269 e. The van der Waals surface area contributed by atoms with Crippen LogP contribution in [-0.2, 0) is 10.5 Å². The van der Waals surface area contributed by atoms with Crippen LogP contribution in [0.2, 0.25) is 0 Å². The molecule has 0 fully saturated rings. The number of aromatic nitrogens is 2. The molecule has 1 aliphatic carbocycles. The van der Waals surface area contributed by atoms with E-state index in [2.05, 4.69) is 15.3 Å². The molecule has 2 aliphatic rings. The first kappa shape index (κ1) is 22.9. The molecule has 1 unspecified atom stereocenters. The van der Waals surface area contributed by atoms with Crippen LogP contribution >= 0.6 is 11.8 Å². The largest absolute Gasteiger partial charge is 0.496 e. The fraction of sp³-hybridized carbons (Fsp3) is 0.240. The molecule has 10 heteroatoms. The zero-order valence-corrected chi connectivity index (χ0v) is 19.7. The topological polar surface area (TPSA) is 127 Å². The van der Waals surface area contributed by atoms with Crippen LogP contribution in [0.25, 0.3) is 0 Å². The number of ether oxygens (including phenoxy) is 1. The average Bonchev–Trinajstić information content (AvgIpc) is 2.86. The number of H-pyrrole nitrogens is 1. The molecule has 2 aromatic carbocycles. The highest BCUT2D eigenvalue weighted by Crippen LogP contribution is 2.45. The van der Waals surface area contributed by atoms with E-state index in [1.807, 2.05) is 24.3 Å². The van der Waals surface area contributed by atoms with Gasteiger partial charge in [-0.25, -0.2) is 4.98 Å². The van der Waals surface area contributed by atoms with E-state index in [1.54, 1.807) is 19.2 Å². The molecule has 0 amide bonds. The van der Waals surface area contributed by atoms with E-state index in [-0.39, 0.29) is 17.0 Å². The number of nitro groups is 1. The molecule has 0 saturated carbocycles. The lowest BCUT2D eigenvalue weighted by Gasteiger charge is -2.33. The van der Waals surface area contributed by atoms with Gasteiger partial charge in [0.2, 0.25) is 0 Å². The number of aromatic amines is 1. The first-order valence-corrected chi connectivity index (χ1v) is 12.1. The third-order valence-electron chi connectivity index (χ3n) is 6.21. The maximum Gasteiger partial charge on any atom is 0.269 e. The second-order valence-electron chi connectivity index (χ2n) is 8.31. The maximum atomic E-state index is 13.4. The number of anilines is 1. The van der Waals surface area contributed by atoms with E-state index < -0.39 is 10.8 Å². The molecule has 9 nitrogen and oxygen atoms in total. The molecule has 2 heterocycles. The van der Waals surface area contributed by atoms with Gasteiger partial charge in [0.25, 0.3) is 11.2 Å². The third kappa shape index (κ3) is 4.32. The molecule has 0 spiro atoms. The number of rotatable bonds is 6. The number of benzene rings is 2. The Balaban J connectivity index is 1.53. The van der Waals surface area contributed by atoms with Crippen molar-refractivity contribution in [2.75, 3.05) is 12.4 Å². The molecule has 1 aromatic heterocycles. The van der Waals surface area contributed by atoms with Gasteiger partial charge in [0.1, 0.15) is 11.6 Å². The summed E-state index contributed by atoms with van der Waals surface area (Å²) in [5.74, 6) is 0.963. The van der Waals surface area contributed by atoms with E-state index in [0.717, 1.165) is 23.2 Å². The van der Waals surface area contributed by atoms with Crippen molar-refractivity contribution in [3.63, 3.8) is 0 Å². The van der Waals surface area contributed by atoms with E-state index >= 15 is 0 Å². The number of methoxy groups -OCH3 is 1. The SMILES string of the molecule is COc1ccccc1C1C2=C(CCCC2=O)Nc2nc(SCc3ccc([N+](=O)[O-])cc3)[nH]c(=O)c21. The Hall–Kier alpha value is -3.92. The molecule has 3 aromatic rings. The number of thioether (sulfide) groups is 1. The van der Waals surface area contributed by atoms with E-state index in [0.29, 0.717) is 46.5 Å². The summed E-state index contributed by atoms with van der Waals surface area (Å²) in [7, 11) is 1.57. The molecule has 5 rings (SSSR count). The number of carbonyl (C=O) groups excluding carboxylic acids is 1. The van der Waals surface area contributed by atoms with Gasteiger partial charge in [-0.05, 0) is 24.5 Å². The Kier molecular flexibility index (Phi) is 6.12. The predicted molar refractivity (Wildman–Crippen MR) is 132 cm³/mol. The molecular weight excluding hydrogens is 468 g/mol. The van der Waals surface area contributed by atoms with Gasteiger partial charge in [0.05, 0.1) is 23.5 Å². The molecule has 1 aliphatic heterocycles. The number of nitro benzene ring substituents is 1. The average molecular weight is 491 g/mol. The monoisotopic (exact) mass is 490 g/mol. The number of nitrogens with zero attached hydrogens (tertiary/aromatic N) is 2.